The van der Waals surface area contributed by atoms with E-state index < -0.39 is 0 Å². The van der Waals surface area contributed by atoms with E-state index in [1.807, 2.05) is 0 Å². The Balaban J connectivity index is 2.15. The Kier molecular flexibility index (Phi) is 13.8. The van der Waals surface area contributed by atoms with Gasteiger partial charge in [0, 0.05) is 12.8 Å². The molecule has 0 aromatic rings. The SMILES string of the molecule is CC(=O)CCCCCCCC1CCC(C)C(CCCCCCCC(C)=O)C1C. The number of unbranched alkanes of at least 4 members (excludes halogenated alkanes) is 8. The second-order valence-corrected chi connectivity index (χ2v) is 9.85. The summed E-state index contributed by atoms with van der Waals surface area (Å²) in [6.07, 6.45) is 19.9. The third-order valence-electron chi connectivity index (χ3n) is 7.31. The normalized spacial score (nSPS) is 25.0. The highest BCUT2D eigenvalue weighted by atomic mass is 16.1. The maximum Gasteiger partial charge on any atom is 0.129 e. The molecule has 0 N–H and O–H groups in total. The predicted octanol–water partition coefficient (Wildman–Crippen LogP) is 7.92. The second kappa shape index (κ2) is 15.2. The van der Waals surface area contributed by atoms with E-state index in [1.54, 1.807) is 13.8 Å². The molecule has 164 valence electrons. The van der Waals surface area contributed by atoms with E-state index in [4.69, 9.17) is 0 Å². The van der Waals surface area contributed by atoms with Crippen LogP contribution < -0.4 is 0 Å². The Bertz CT molecular complexity index is 428. The molecule has 1 aliphatic carbocycles. The van der Waals surface area contributed by atoms with Crippen molar-refractivity contribution in [2.45, 2.75) is 130 Å². The lowest BCUT2D eigenvalue weighted by molar-refractivity contribution is -0.117. The molecule has 1 fully saturated rings. The van der Waals surface area contributed by atoms with Crippen LogP contribution in [0.2, 0.25) is 0 Å². The Hall–Kier alpha value is -0.660. The molecular formula is C26H48O2. The summed E-state index contributed by atoms with van der Waals surface area (Å²) < 4.78 is 0. The van der Waals surface area contributed by atoms with Crippen molar-refractivity contribution in [3.8, 4) is 0 Å². The third-order valence-corrected chi connectivity index (χ3v) is 7.31. The Morgan fingerprint density at radius 1 is 0.643 bits per heavy atom. The highest BCUT2D eigenvalue weighted by molar-refractivity contribution is 5.75. The van der Waals surface area contributed by atoms with Crippen LogP contribution in [0.3, 0.4) is 0 Å². The number of carbonyl (C=O) groups excluding carboxylic acids is 2. The smallest absolute Gasteiger partial charge is 0.129 e. The lowest BCUT2D eigenvalue weighted by Crippen LogP contribution is -2.31. The topological polar surface area (TPSA) is 34.1 Å². The van der Waals surface area contributed by atoms with Crippen molar-refractivity contribution in [2.24, 2.45) is 23.7 Å². The molecule has 0 aromatic carbocycles. The van der Waals surface area contributed by atoms with Crippen LogP contribution >= 0.6 is 0 Å². The maximum absolute atomic E-state index is 11.0. The van der Waals surface area contributed by atoms with Crippen LogP contribution in [0.4, 0.5) is 0 Å². The fourth-order valence-electron chi connectivity index (χ4n) is 5.37. The van der Waals surface area contributed by atoms with E-state index in [-0.39, 0.29) is 0 Å². The van der Waals surface area contributed by atoms with Gasteiger partial charge in [-0.1, -0.05) is 78.1 Å². The summed E-state index contributed by atoms with van der Waals surface area (Å²) in [5.74, 6) is 4.33. The fourth-order valence-corrected chi connectivity index (χ4v) is 5.37. The molecule has 4 unspecified atom stereocenters. The van der Waals surface area contributed by atoms with E-state index in [9.17, 15) is 9.59 Å². The summed E-state index contributed by atoms with van der Waals surface area (Å²) in [7, 11) is 0. The van der Waals surface area contributed by atoms with Crippen molar-refractivity contribution in [1.29, 1.82) is 0 Å². The summed E-state index contributed by atoms with van der Waals surface area (Å²) in [6.45, 7) is 8.43. The molecule has 2 nitrogen and oxygen atoms in total. The molecular weight excluding hydrogens is 344 g/mol. The first-order valence-corrected chi connectivity index (χ1v) is 12.4. The first-order valence-electron chi connectivity index (χ1n) is 12.4. The highest BCUT2D eigenvalue weighted by Crippen LogP contribution is 2.43. The van der Waals surface area contributed by atoms with Gasteiger partial charge < -0.3 is 9.59 Å². The van der Waals surface area contributed by atoms with Gasteiger partial charge in [-0.3, -0.25) is 0 Å². The molecule has 28 heavy (non-hydrogen) atoms. The average Bonchev–Trinajstić information content (AvgIpc) is 2.63. The van der Waals surface area contributed by atoms with Gasteiger partial charge in [0.2, 0.25) is 0 Å². The van der Waals surface area contributed by atoms with Crippen LogP contribution in [-0.2, 0) is 9.59 Å². The summed E-state index contributed by atoms with van der Waals surface area (Å²) in [6, 6.07) is 0. The van der Waals surface area contributed by atoms with E-state index in [0.29, 0.717) is 11.6 Å². The van der Waals surface area contributed by atoms with Gasteiger partial charge in [0.25, 0.3) is 0 Å². The first-order chi connectivity index (χ1) is 13.4. The minimum Gasteiger partial charge on any atom is -0.300 e. The van der Waals surface area contributed by atoms with Crippen LogP contribution in [0.5, 0.6) is 0 Å². The van der Waals surface area contributed by atoms with Gasteiger partial charge in [-0.05, 0) is 63.2 Å². The van der Waals surface area contributed by atoms with Gasteiger partial charge >= 0.3 is 0 Å². The number of hydrogen-bond donors (Lipinski definition) is 0. The summed E-state index contributed by atoms with van der Waals surface area (Å²) in [5.41, 5.74) is 0. The molecule has 0 saturated heterocycles. The maximum atomic E-state index is 11.0. The monoisotopic (exact) mass is 392 g/mol. The van der Waals surface area contributed by atoms with E-state index in [2.05, 4.69) is 13.8 Å². The number of hydrogen-bond acceptors (Lipinski definition) is 2. The third kappa shape index (κ3) is 11.4. The van der Waals surface area contributed by atoms with E-state index in [1.165, 1.54) is 77.0 Å². The zero-order valence-corrected chi connectivity index (χ0v) is 19.4. The fraction of sp³-hybridized carbons (Fsp3) is 0.923. The van der Waals surface area contributed by atoms with Gasteiger partial charge in [0.05, 0.1) is 0 Å². The van der Waals surface area contributed by atoms with E-state index >= 15 is 0 Å². The minimum atomic E-state index is 0.340. The van der Waals surface area contributed by atoms with Crippen LogP contribution in [-0.4, -0.2) is 11.6 Å². The Morgan fingerprint density at radius 2 is 1.11 bits per heavy atom. The molecule has 0 bridgehead atoms. The molecule has 0 spiro atoms. The van der Waals surface area contributed by atoms with Crippen LogP contribution in [0.15, 0.2) is 0 Å². The summed E-state index contributed by atoms with van der Waals surface area (Å²) in [5, 5.41) is 0. The van der Waals surface area contributed by atoms with Crippen LogP contribution in [0, 0.1) is 23.7 Å². The van der Waals surface area contributed by atoms with Gasteiger partial charge in [0.15, 0.2) is 0 Å². The van der Waals surface area contributed by atoms with Gasteiger partial charge in [-0.25, -0.2) is 0 Å². The molecule has 1 rings (SSSR count). The largest absolute Gasteiger partial charge is 0.300 e. The molecule has 0 heterocycles. The number of Topliss-reactive ketones (excluding diaryl/α,β-unsaturated/α-hetero) is 2. The number of carbonyl (C=O) groups is 2. The van der Waals surface area contributed by atoms with Crippen LogP contribution in [0.25, 0.3) is 0 Å². The van der Waals surface area contributed by atoms with Crippen molar-refractivity contribution < 1.29 is 9.59 Å². The van der Waals surface area contributed by atoms with E-state index in [0.717, 1.165) is 49.4 Å². The Labute approximate surface area is 175 Å². The number of rotatable bonds is 16. The average molecular weight is 393 g/mol. The first kappa shape index (κ1) is 25.4. The predicted molar refractivity (Wildman–Crippen MR) is 121 cm³/mol. The zero-order valence-electron chi connectivity index (χ0n) is 19.4. The molecule has 4 atom stereocenters. The lowest BCUT2D eigenvalue weighted by Gasteiger charge is -2.41. The summed E-state index contributed by atoms with van der Waals surface area (Å²) in [4.78, 5) is 22.0. The van der Waals surface area contributed by atoms with Crippen molar-refractivity contribution in [2.75, 3.05) is 0 Å². The van der Waals surface area contributed by atoms with Crippen molar-refractivity contribution in [1.82, 2.24) is 0 Å². The molecule has 1 saturated carbocycles. The molecule has 0 radical (unpaired) electrons. The van der Waals surface area contributed by atoms with Gasteiger partial charge in [-0.15, -0.1) is 0 Å². The molecule has 2 heteroatoms. The molecule has 0 amide bonds. The molecule has 0 aliphatic heterocycles. The van der Waals surface area contributed by atoms with Crippen molar-refractivity contribution in [3.63, 3.8) is 0 Å². The van der Waals surface area contributed by atoms with Crippen molar-refractivity contribution >= 4 is 11.6 Å². The second-order valence-electron chi connectivity index (χ2n) is 9.85. The zero-order chi connectivity index (χ0) is 20.8. The van der Waals surface area contributed by atoms with Gasteiger partial charge in [-0.2, -0.15) is 0 Å². The number of ketones is 2. The quantitative estimate of drug-likeness (QED) is 0.250. The molecule has 0 aromatic heterocycles. The minimum absolute atomic E-state index is 0.340. The van der Waals surface area contributed by atoms with Crippen LogP contribution in [0.1, 0.15) is 130 Å². The lowest BCUT2D eigenvalue weighted by atomic mass is 9.65. The summed E-state index contributed by atoms with van der Waals surface area (Å²) >= 11 is 0. The highest BCUT2D eigenvalue weighted by Gasteiger charge is 2.33. The van der Waals surface area contributed by atoms with Gasteiger partial charge in [0.1, 0.15) is 11.6 Å². The van der Waals surface area contributed by atoms with Crippen molar-refractivity contribution in [3.05, 3.63) is 0 Å². The molecule has 1 aliphatic rings. The standard InChI is InChI=1S/C26H48O2/c1-21-19-20-25(17-13-9-5-7-11-15-22(2)27)24(4)26(21)18-14-10-6-8-12-16-23(3)28/h21,24-26H,5-20H2,1-4H3. The Morgan fingerprint density at radius 3 is 1.64 bits per heavy atom.